The molecule has 3 rings (SSSR count). The lowest BCUT2D eigenvalue weighted by Gasteiger charge is -2.40. The van der Waals surface area contributed by atoms with E-state index in [1.807, 2.05) is 18.2 Å². The molecule has 21 heavy (non-hydrogen) atoms. The van der Waals surface area contributed by atoms with Gasteiger partial charge in [0.1, 0.15) is 17.3 Å². The normalized spacial score (nSPS) is 28.6. The molecule has 0 aromatic heterocycles. The van der Waals surface area contributed by atoms with Crippen LogP contribution in [0.15, 0.2) is 23.2 Å². The molecule has 3 unspecified atom stereocenters. The molecule has 0 aliphatic carbocycles. The molecule has 1 aromatic rings. The summed E-state index contributed by atoms with van der Waals surface area (Å²) in [5.41, 5.74) is 7.39. The smallest absolute Gasteiger partial charge is 0.156 e. The van der Waals surface area contributed by atoms with Gasteiger partial charge in [0.25, 0.3) is 0 Å². The first-order valence-electron chi connectivity index (χ1n) is 7.62. The van der Waals surface area contributed by atoms with E-state index in [0.29, 0.717) is 5.69 Å². The number of nitrogen functional groups attached to an aromatic ring is 1. The Morgan fingerprint density at radius 1 is 1.29 bits per heavy atom. The quantitative estimate of drug-likeness (QED) is 0.807. The van der Waals surface area contributed by atoms with Crippen molar-refractivity contribution in [1.82, 2.24) is 4.90 Å². The molecule has 2 N–H and O–H groups in total. The van der Waals surface area contributed by atoms with Crippen molar-refractivity contribution in [3.05, 3.63) is 18.2 Å². The summed E-state index contributed by atoms with van der Waals surface area (Å²) in [5, 5.41) is 0. The summed E-state index contributed by atoms with van der Waals surface area (Å²) >= 11 is 0. The summed E-state index contributed by atoms with van der Waals surface area (Å²) in [5.74, 6) is 1.81. The molecule has 0 radical (unpaired) electrons. The van der Waals surface area contributed by atoms with E-state index in [2.05, 4.69) is 25.7 Å². The number of hydrogen-bond acceptors (Lipinski definition) is 5. The van der Waals surface area contributed by atoms with Gasteiger partial charge >= 0.3 is 0 Å². The van der Waals surface area contributed by atoms with Crippen LogP contribution >= 0.6 is 0 Å². The van der Waals surface area contributed by atoms with Crippen LogP contribution in [0.4, 0.5) is 11.4 Å². The molecule has 2 aliphatic heterocycles. The van der Waals surface area contributed by atoms with Crippen LogP contribution in [0.1, 0.15) is 27.2 Å². The van der Waals surface area contributed by atoms with Crippen LogP contribution in [-0.2, 0) is 4.74 Å². The second-order valence-electron chi connectivity index (χ2n) is 5.87. The van der Waals surface area contributed by atoms with E-state index in [1.165, 1.54) is 0 Å². The van der Waals surface area contributed by atoms with Crippen LogP contribution in [0.2, 0.25) is 0 Å². The fourth-order valence-corrected chi connectivity index (χ4v) is 3.03. The fourth-order valence-electron chi connectivity index (χ4n) is 3.03. The Balaban J connectivity index is 1.94. The molecule has 1 aromatic carbocycles. The lowest BCUT2D eigenvalue weighted by atomic mass is 10.1. The summed E-state index contributed by atoms with van der Waals surface area (Å²) in [6.07, 6.45) is 1.30. The molecule has 1 fully saturated rings. The second kappa shape index (κ2) is 5.56. The fraction of sp³-hybridized carbons (Fsp3) is 0.562. The van der Waals surface area contributed by atoms with Crippen molar-refractivity contribution >= 4 is 17.2 Å². The van der Waals surface area contributed by atoms with Gasteiger partial charge in [-0.2, -0.15) is 0 Å². The Bertz CT molecular complexity index is 548. The lowest BCUT2D eigenvalue weighted by molar-refractivity contribution is -0.0501. The first-order chi connectivity index (χ1) is 10.1. The third-order valence-electron chi connectivity index (χ3n) is 3.89. The highest BCUT2D eigenvalue weighted by molar-refractivity contribution is 5.92. The Morgan fingerprint density at radius 3 is 2.67 bits per heavy atom. The molecular formula is C16H23N3O2. The highest BCUT2D eigenvalue weighted by Gasteiger charge is 2.32. The standard InChI is InChI=1S/C16H23N3O2/c1-4-14-16(19-8-10(2)20-11(3)9-19)18-13-7-12(17)5-6-15(13)21-14/h5-7,10-11,14H,4,8-9,17H2,1-3H3. The Labute approximate surface area is 125 Å². The molecule has 0 spiro atoms. The van der Waals surface area contributed by atoms with E-state index in [9.17, 15) is 0 Å². The van der Waals surface area contributed by atoms with Gasteiger partial charge in [-0.15, -0.1) is 0 Å². The minimum Gasteiger partial charge on any atom is -0.480 e. The van der Waals surface area contributed by atoms with Gasteiger partial charge in [0.05, 0.1) is 12.2 Å². The van der Waals surface area contributed by atoms with Crippen molar-refractivity contribution in [2.45, 2.75) is 45.5 Å². The maximum atomic E-state index is 6.10. The Morgan fingerprint density at radius 2 is 2.00 bits per heavy atom. The molecule has 3 atom stereocenters. The van der Waals surface area contributed by atoms with Crippen molar-refractivity contribution in [3.63, 3.8) is 0 Å². The molecule has 5 nitrogen and oxygen atoms in total. The zero-order valence-corrected chi connectivity index (χ0v) is 12.9. The average Bonchev–Trinajstić information content (AvgIpc) is 2.44. The molecular weight excluding hydrogens is 266 g/mol. The van der Waals surface area contributed by atoms with Gasteiger partial charge < -0.3 is 20.1 Å². The number of nitrogens with two attached hydrogens (primary N) is 1. The van der Waals surface area contributed by atoms with Crippen LogP contribution in [0, 0.1) is 0 Å². The van der Waals surface area contributed by atoms with E-state index < -0.39 is 0 Å². The van der Waals surface area contributed by atoms with Gasteiger partial charge in [0.2, 0.25) is 0 Å². The topological polar surface area (TPSA) is 60.1 Å². The number of fused-ring (bicyclic) bond motifs is 1. The average molecular weight is 289 g/mol. The first-order valence-corrected chi connectivity index (χ1v) is 7.62. The van der Waals surface area contributed by atoms with Gasteiger partial charge in [0.15, 0.2) is 6.10 Å². The number of aliphatic imine (C=N–C) groups is 1. The Kier molecular flexibility index (Phi) is 3.76. The predicted octanol–water partition coefficient (Wildman–Crippen LogP) is 2.58. The van der Waals surface area contributed by atoms with E-state index in [4.69, 9.17) is 20.2 Å². The second-order valence-corrected chi connectivity index (χ2v) is 5.87. The maximum absolute atomic E-state index is 6.10. The van der Waals surface area contributed by atoms with Crippen molar-refractivity contribution in [1.29, 1.82) is 0 Å². The number of amidine groups is 1. The van der Waals surface area contributed by atoms with Crippen LogP contribution in [0.3, 0.4) is 0 Å². The predicted molar refractivity (Wildman–Crippen MR) is 84.2 cm³/mol. The number of nitrogens with zero attached hydrogens (tertiary/aromatic N) is 2. The number of hydrogen-bond donors (Lipinski definition) is 1. The number of benzene rings is 1. The molecule has 2 heterocycles. The number of morpholine rings is 1. The SMILES string of the molecule is CCC1Oc2ccc(N)cc2N=C1N1CC(C)OC(C)C1. The van der Waals surface area contributed by atoms with Crippen LogP contribution in [0.25, 0.3) is 0 Å². The summed E-state index contributed by atoms with van der Waals surface area (Å²) in [6.45, 7) is 8.01. The highest BCUT2D eigenvalue weighted by Crippen LogP contribution is 2.35. The minimum atomic E-state index is -0.00127. The van der Waals surface area contributed by atoms with Gasteiger partial charge in [-0.1, -0.05) is 6.92 Å². The van der Waals surface area contributed by atoms with Crippen molar-refractivity contribution in [3.8, 4) is 5.75 Å². The number of ether oxygens (including phenoxy) is 2. The third kappa shape index (κ3) is 2.83. The Hall–Kier alpha value is -1.75. The summed E-state index contributed by atoms with van der Waals surface area (Å²) in [4.78, 5) is 7.12. The lowest BCUT2D eigenvalue weighted by Crippen LogP contribution is -2.52. The van der Waals surface area contributed by atoms with E-state index >= 15 is 0 Å². The molecule has 114 valence electrons. The van der Waals surface area contributed by atoms with E-state index in [1.54, 1.807) is 0 Å². The highest BCUT2D eigenvalue weighted by atomic mass is 16.5. The zero-order valence-electron chi connectivity index (χ0n) is 12.9. The third-order valence-corrected chi connectivity index (χ3v) is 3.89. The summed E-state index contributed by atoms with van der Waals surface area (Å²) in [7, 11) is 0. The van der Waals surface area contributed by atoms with E-state index in [-0.39, 0.29) is 18.3 Å². The number of anilines is 1. The van der Waals surface area contributed by atoms with Crippen LogP contribution in [0.5, 0.6) is 5.75 Å². The van der Waals surface area contributed by atoms with Crippen molar-refractivity contribution in [2.75, 3.05) is 18.8 Å². The molecule has 5 heteroatoms. The van der Waals surface area contributed by atoms with Crippen LogP contribution < -0.4 is 10.5 Å². The van der Waals surface area contributed by atoms with Crippen molar-refractivity contribution in [2.24, 2.45) is 4.99 Å². The summed E-state index contributed by atoms with van der Waals surface area (Å²) < 4.78 is 11.9. The van der Waals surface area contributed by atoms with Crippen LogP contribution in [-0.4, -0.2) is 42.1 Å². The van der Waals surface area contributed by atoms with Crippen molar-refractivity contribution < 1.29 is 9.47 Å². The van der Waals surface area contributed by atoms with Gasteiger partial charge in [-0.25, -0.2) is 4.99 Å². The van der Waals surface area contributed by atoms with E-state index in [0.717, 1.165) is 36.8 Å². The first kappa shape index (κ1) is 14.2. The maximum Gasteiger partial charge on any atom is 0.156 e. The molecule has 0 bridgehead atoms. The molecule has 1 saturated heterocycles. The minimum absolute atomic E-state index is 0.00127. The van der Waals surface area contributed by atoms with Gasteiger partial charge in [0, 0.05) is 18.8 Å². The number of rotatable bonds is 1. The summed E-state index contributed by atoms with van der Waals surface area (Å²) in [6, 6.07) is 5.62. The molecule has 0 amide bonds. The largest absolute Gasteiger partial charge is 0.480 e. The molecule has 2 aliphatic rings. The zero-order chi connectivity index (χ0) is 15.0. The molecule has 0 saturated carbocycles. The monoisotopic (exact) mass is 289 g/mol. The van der Waals surface area contributed by atoms with Gasteiger partial charge in [-0.3, -0.25) is 0 Å². The van der Waals surface area contributed by atoms with Gasteiger partial charge in [-0.05, 0) is 38.5 Å².